The van der Waals surface area contributed by atoms with E-state index in [0.29, 0.717) is 17.4 Å². The Balaban J connectivity index is 1.82. The highest BCUT2D eigenvalue weighted by Crippen LogP contribution is 2.27. The monoisotopic (exact) mass is 369 g/mol. The fraction of sp³-hybridized carbons (Fsp3) is 0.389. The smallest absolute Gasteiger partial charge is 0.343 e. The Bertz CT molecular complexity index is 875. The number of methoxy groups -OCH3 is 2. The predicted molar refractivity (Wildman–Crippen MR) is 95.0 cm³/mol. The number of carbonyl (C=O) groups excluding carboxylic acids is 1. The molecule has 0 radical (unpaired) electrons. The molecule has 1 fully saturated rings. The Hall–Kier alpha value is -3.41. The third kappa shape index (κ3) is 4.23. The van der Waals surface area contributed by atoms with Crippen LogP contribution in [0, 0.1) is 11.3 Å². The molecule has 1 aliphatic carbocycles. The molecule has 0 bridgehead atoms. The quantitative estimate of drug-likeness (QED) is 0.766. The van der Waals surface area contributed by atoms with Crippen LogP contribution >= 0.6 is 0 Å². The van der Waals surface area contributed by atoms with Crippen molar-refractivity contribution in [2.45, 2.75) is 31.8 Å². The van der Waals surface area contributed by atoms with E-state index in [4.69, 9.17) is 14.2 Å². The molecule has 9 nitrogen and oxygen atoms in total. The number of ether oxygens (including phenoxy) is 3. The molecule has 2 aromatic heterocycles. The molecule has 0 saturated heterocycles. The number of nitriles is 1. The van der Waals surface area contributed by atoms with Crippen LogP contribution in [0.5, 0.6) is 11.6 Å². The van der Waals surface area contributed by atoms with Gasteiger partial charge in [-0.25, -0.2) is 14.8 Å². The topological polar surface area (TPSA) is 119 Å². The summed E-state index contributed by atoms with van der Waals surface area (Å²) in [6.45, 7) is 0. The zero-order valence-corrected chi connectivity index (χ0v) is 15.1. The number of hydrogen-bond donors (Lipinski definition) is 1. The molecule has 3 rings (SSSR count). The van der Waals surface area contributed by atoms with E-state index < -0.39 is 5.97 Å². The van der Waals surface area contributed by atoms with Crippen LogP contribution in [0.3, 0.4) is 0 Å². The Morgan fingerprint density at radius 2 is 2.00 bits per heavy atom. The number of esters is 1. The summed E-state index contributed by atoms with van der Waals surface area (Å²) in [5.41, 5.74) is 0.348. The number of pyridine rings is 1. The molecule has 9 heteroatoms. The summed E-state index contributed by atoms with van der Waals surface area (Å²) >= 11 is 0. The summed E-state index contributed by atoms with van der Waals surface area (Å²) in [7, 11) is 2.73. The van der Waals surface area contributed by atoms with Gasteiger partial charge in [-0.3, -0.25) is 0 Å². The lowest BCUT2D eigenvalue weighted by atomic mass is 10.2. The molecule has 0 atom stereocenters. The van der Waals surface area contributed by atoms with E-state index in [9.17, 15) is 10.1 Å². The van der Waals surface area contributed by atoms with E-state index in [1.54, 1.807) is 6.07 Å². The summed E-state index contributed by atoms with van der Waals surface area (Å²) < 4.78 is 15.7. The van der Waals surface area contributed by atoms with Gasteiger partial charge >= 0.3 is 5.97 Å². The van der Waals surface area contributed by atoms with E-state index in [1.165, 1.54) is 26.6 Å². The summed E-state index contributed by atoms with van der Waals surface area (Å²) in [5.74, 6) is 0.722. The number of carbonyl (C=O) groups is 1. The third-order valence-corrected chi connectivity index (χ3v) is 4.17. The van der Waals surface area contributed by atoms with Gasteiger partial charge in [0.15, 0.2) is 5.82 Å². The lowest BCUT2D eigenvalue weighted by Crippen LogP contribution is -2.14. The lowest BCUT2D eigenvalue weighted by Gasteiger charge is -2.14. The van der Waals surface area contributed by atoms with Gasteiger partial charge in [0.1, 0.15) is 29.3 Å². The minimum atomic E-state index is -0.545. The van der Waals surface area contributed by atoms with Crippen molar-refractivity contribution in [2.24, 2.45) is 0 Å². The molecule has 0 aliphatic heterocycles. The minimum absolute atomic E-state index is 0.0548. The molecule has 0 amide bonds. The molecule has 27 heavy (non-hydrogen) atoms. The summed E-state index contributed by atoms with van der Waals surface area (Å²) in [6, 6.07) is 3.54. The highest BCUT2D eigenvalue weighted by atomic mass is 16.5. The first kappa shape index (κ1) is 18.4. The zero-order chi connectivity index (χ0) is 19.2. The minimum Gasteiger partial charge on any atom is -0.496 e. The van der Waals surface area contributed by atoms with Gasteiger partial charge in [0, 0.05) is 12.3 Å². The van der Waals surface area contributed by atoms with Crippen LogP contribution in [-0.2, 0) is 4.74 Å². The van der Waals surface area contributed by atoms with Crippen molar-refractivity contribution in [3.63, 3.8) is 0 Å². The van der Waals surface area contributed by atoms with Crippen LogP contribution < -0.4 is 14.8 Å². The standard InChI is InChI=1S/C18H19N5O4/c1-25-14-7-15(21-9-12(14)18(24)26-2)22-16-10-20-13(8-19)17(23-16)27-11-5-3-4-6-11/h7,9-11H,3-6H2,1-2H3,(H,21,22,23). The van der Waals surface area contributed by atoms with Crippen LogP contribution in [0.4, 0.5) is 11.6 Å². The van der Waals surface area contributed by atoms with Gasteiger partial charge in [0.2, 0.25) is 5.69 Å². The largest absolute Gasteiger partial charge is 0.496 e. The van der Waals surface area contributed by atoms with Gasteiger partial charge in [-0.2, -0.15) is 10.2 Å². The predicted octanol–water partition coefficient (Wildman–Crippen LogP) is 2.60. The first-order valence-electron chi connectivity index (χ1n) is 8.47. The van der Waals surface area contributed by atoms with E-state index in [1.807, 2.05) is 6.07 Å². The van der Waals surface area contributed by atoms with Gasteiger partial charge in [0.25, 0.3) is 5.88 Å². The molecule has 1 aliphatic rings. The molecule has 140 valence electrons. The van der Waals surface area contributed by atoms with Crippen LogP contribution in [0.2, 0.25) is 0 Å². The Morgan fingerprint density at radius 3 is 2.67 bits per heavy atom. The van der Waals surface area contributed by atoms with Gasteiger partial charge in [-0.15, -0.1) is 0 Å². The normalized spacial score (nSPS) is 13.7. The molecular formula is C18H19N5O4. The van der Waals surface area contributed by atoms with E-state index in [-0.39, 0.29) is 23.2 Å². The van der Waals surface area contributed by atoms with Gasteiger partial charge in [0.05, 0.1) is 20.4 Å². The molecular weight excluding hydrogens is 350 g/mol. The maximum Gasteiger partial charge on any atom is 0.343 e. The van der Waals surface area contributed by atoms with Crippen LogP contribution in [-0.4, -0.2) is 41.2 Å². The van der Waals surface area contributed by atoms with Crippen molar-refractivity contribution in [2.75, 3.05) is 19.5 Å². The van der Waals surface area contributed by atoms with Gasteiger partial charge in [-0.1, -0.05) is 0 Å². The van der Waals surface area contributed by atoms with Crippen LogP contribution in [0.15, 0.2) is 18.5 Å². The number of rotatable bonds is 6. The summed E-state index contributed by atoms with van der Waals surface area (Å²) in [5, 5.41) is 12.2. The van der Waals surface area contributed by atoms with Crippen LogP contribution in [0.1, 0.15) is 41.7 Å². The van der Waals surface area contributed by atoms with E-state index in [2.05, 4.69) is 20.3 Å². The molecule has 0 unspecified atom stereocenters. The Labute approximate surface area is 156 Å². The summed E-state index contributed by atoms with van der Waals surface area (Å²) in [4.78, 5) is 24.3. The average Bonchev–Trinajstić information content (AvgIpc) is 3.20. The Kier molecular flexibility index (Phi) is 5.66. The van der Waals surface area contributed by atoms with Crippen molar-refractivity contribution < 1.29 is 19.0 Å². The van der Waals surface area contributed by atoms with E-state index in [0.717, 1.165) is 25.7 Å². The highest BCUT2D eigenvalue weighted by Gasteiger charge is 2.20. The average molecular weight is 369 g/mol. The number of nitrogens with one attached hydrogen (secondary N) is 1. The number of nitrogens with zero attached hydrogens (tertiary/aromatic N) is 4. The lowest BCUT2D eigenvalue weighted by molar-refractivity contribution is 0.0596. The number of anilines is 2. The van der Waals surface area contributed by atoms with Gasteiger partial charge < -0.3 is 19.5 Å². The van der Waals surface area contributed by atoms with Crippen molar-refractivity contribution >= 4 is 17.6 Å². The van der Waals surface area contributed by atoms with Crippen molar-refractivity contribution in [1.29, 1.82) is 5.26 Å². The second kappa shape index (κ2) is 8.31. The molecule has 2 heterocycles. The summed E-state index contributed by atoms with van der Waals surface area (Å²) in [6.07, 6.45) is 6.92. The maximum absolute atomic E-state index is 11.7. The second-order valence-corrected chi connectivity index (χ2v) is 5.93. The molecule has 0 spiro atoms. The molecule has 2 aromatic rings. The fourth-order valence-electron chi connectivity index (χ4n) is 2.82. The fourth-order valence-corrected chi connectivity index (χ4v) is 2.82. The highest BCUT2D eigenvalue weighted by molar-refractivity contribution is 5.92. The van der Waals surface area contributed by atoms with Crippen molar-refractivity contribution in [3.8, 4) is 17.7 Å². The first-order chi connectivity index (χ1) is 13.1. The van der Waals surface area contributed by atoms with Gasteiger partial charge in [-0.05, 0) is 25.7 Å². The molecule has 1 N–H and O–H groups in total. The number of aromatic nitrogens is 3. The number of hydrogen-bond acceptors (Lipinski definition) is 9. The SMILES string of the molecule is COC(=O)c1cnc(Nc2cnc(C#N)c(OC3CCCC3)n2)cc1OC. The molecule has 0 aromatic carbocycles. The molecule has 1 saturated carbocycles. The maximum atomic E-state index is 11.7. The van der Waals surface area contributed by atoms with Crippen LogP contribution in [0.25, 0.3) is 0 Å². The van der Waals surface area contributed by atoms with Crippen molar-refractivity contribution in [3.05, 3.63) is 29.7 Å². The third-order valence-electron chi connectivity index (χ3n) is 4.17. The Morgan fingerprint density at radius 1 is 1.22 bits per heavy atom. The van der Waals surface area contributed by atoms with Crippen molar-refractivity contribution in [1.82, 2.24) is 15.0 Å². The first-order valence-corrected chi connectivity index (χ1v) is 8.47. The second-order valence-electron chi connectivity index (χ2n) is 5.93. The van der Waals surface area contributed by atoms with E-state index >= 15 is 0 Å². The zero-order valence-electron chi connectivity index (χ0n) is 15.1.